The molecule has 0 atom stereocenters. The van der Waals surface area contributed by atoms with Crippen LogP contribution in [0, 0.1) is 11.3 Å². The molecule has 28 heavy (non-hydrogen) atoms. The number of nitrogens with zero attached hydrogens (tertiary/aromatic N) is 6. The molecule has 3 aromatic rings. The monoisotopic (exact) mass is 377 g/mol. The van der Waals surface area contributed by atoms with Gasteiger partial charge in [-0.3, -0.25) is 14.3 Å². The van der Waals surface area contributed by atoms with Crippen molar-refractivity contribution in [3.05, 3.63) is 52.7 Å². The second-order valence-corrected chi connectivity index (χ2v) is 7.11. The van der Waals surface area contributed by atoms with Crippen molar-refractivity contribution in [1.82, 2.24) is 29.3 Å². The summed E-state index contributed by atoms with van der Waals surface area (Å²) in [5.74, 6) is -0.143. The van der Waals surface area contributed by atoms with E-state index in [0.717, 1.165) is 5.56 Å². The van der Waals surface area contributed by atoms with Gasteiger partial charge in [0.1, 0.15) is 11.6 Å². The van der Waals surface area contributed by atoms with Crippen molar-refractivity contribution in [2.45, 2.75) is 25.8 Å². The number of amides is 1. The summed E-state index contributed by atoms with van der Waals surface area (Å²) in [4.78, 5) is 29.5. The van der Waals surface area contributed by atoms with Gasteiger partial charge in [-0.1, -0.05) is 20.4 Å². The number of rotatable bonds is 4. The lowest BCUT2D eigenvalue weighted by atomic mass is 10.00. The van der Waals surface area contributed by atoms with Gasteiger partial charge in [0.25, 0.3) is 5.56 Å². The third-order valence-electron chi connectivity index (χ3n) is 5.02. The molecule has 0 bridgehead atoms. The maximum Gasteiger partial charge on any atom is 0.278 e. The average molecular weight is 377 g/mol. The molecule has 142 valence electrons. The molecule has 9 heteroatoms. The molecule has 0 spiro atoms. The summed E-state index contributed by atoms with van der Waals surface area (Å²) in [6.45, 7) is 8.50. The van der Waals surface area contributed by atoms with Gasteiger partial charge in [0.05, 0.1) is 24.1 Å². The Morgan fingerprint density at radius 1 is 1.39 bits per heavy atom. The Labute approximate surface area is 160 Å². The Morgan fingerprint density at radius 2 is 2.14 bits per heavy atom. The van der Waals surface area contributed by atoms with Crippen molar-refractivity contribution >= 4 is 11.6 Å². The Morgan fingerprint density at radius 3 is 2.79 bits per heavy atom. The smallest absolute Gasteiger partial charge is 0.278 e. The maximum absolute atomic E-state index is 12.9. The highest BCUT2D eigenvalue weighted by atomic mass is 16.2. The second-order valence-electron chi connectivity index (χ2n) is 7.11. The fraction of sp³-hybridized carbons (Fsp3) is 0.316. The molecule has 1 aliphatic heterocycles. The molecule has 1 aliphatic rings. The minimum absolute atomic E-state index is 0.0503. The molecule has 1 fully saturated rings. The zero-order chi connectivity index (χ0) is 20.0. The summed E-state index contributed by atoms with van der Waals surface area (Å²) in [7, 11) is 0. The van der Waals surface area contributed by atoms with E-state index in [0.29, 0.717) is 35.6 Å². The number of aromatic amines is 1. The van der Waals surface area contributed by atoms with E-state index < -0.39 is 0 Å². The standard InChI is InChI=1S/C19H19N7O2/c1-4-15(27)24-9-14(10-24)25-8-13(7-21-25)17-16(11(2)3)19(28)26-18(23-17)12(5-20)6-22-26/h4,6-8,11,14,23H,1,9-10H2,2-3H3. The lowest BCUT2D eigenvalue weighted by Gasteiger charge is -2.38. The highest BCUT2D eigenvalue weighted by Gasteiger charge is 2.31. The summed E-state index contributed by atoms with van der Waals surface area (Å²) < 4.78 is 3.03. The highest BCUT2D eigenvalue weighted by Crippen LogP contribution is 2.28. The lowest BCUT2D eigenvalue weighted by molar-refractivity contribution is -0.131. The van der Waals surface area contributed by atoms with Gasteiger partial charge in [0, 0.05) is 30.4 Å². The van der Waals surface area contributed by atoms with Crippen LogP contribution in [0.1, 0.15) is 36.9 Å². The first-order valence-electron chi connectivity index (χ1n) is 8.94. The van der Waals surface area contributed by atoms with Crippen LogP contribution in [0.15, 0.2) is 36.0 Å². The van der Waals surface area contributed by atoms with Gasteiger partial charge in [-0.2, -0.15) is 20.0 Å². The van der Waals surface area contributed by atoms with E-state index in [-0.39, 0.29) is 23.4 Å². The normalized spacial score (nSPS) is 14.3. The van der Waals surface area contributed by atoms with Crippen LogP contribution in [-0.2, 0) is 4.79 Å². The molecule has 0 saturated carbocycles. The molecule has 0 aliphatic carbocycles. The van der Waals surface area contributed by atoms with Crippen molar-refractivity contribution in [2.75, 3.05) is 13.1 Å². The largest absolute Gasteiger partial charge is 0.338 e. The fourth-order valence-corrected chi connectivity index (χ4v) is 3.47. The van der Waals surface area contributed by atoms with Crippen LogP contribution < -0.4 is 5.56 Å². The number of likely N-dealkylation sites (tertiary alicyclic amines) is 1. The average Bonchev–Trinajstić information content (AvgIpc) is 3.26. The summed E-state index contributed by atoms with van der Waals surface area (Å²) >= 11 is 0. The summed E-state index contributed by atoms with van der Waals surface area (Å²) in [6.07, 6.45) is 6.23. The van der Waals surface area contributed by atoms with E-state index in [1.54, 1.807) is 15.8 Å². The first kappa shape index (κ1) is 17.7. The SMILES string of the molecule is C=CC(=O)N1CC(n2cc(-c3[nH]c4c(C#N)cnn4c(=O)c3C(C)C)cn2)C1. The molecule has 3 aromatic heterocycles. The summed E-state index contributed by atoms with van der Waals surface area (Å²) in [5, 5.41) is 17.7. The Balaban J connectivity index is 1.76. The topological polar surface area (TPSA) is 112 Å². The number of fused-ring (bicyclic) bond motifs is 1. The second kappa shape index (κ2) is 6.49. The first-order chi connectivity index (χ1) is 13.4. The van der Waals surface area contributed by atoms with Gasteiger partial charge in [-0.05, 0) is 12.0 Å². The molecule has 0 aromatic carbocycles. The van der Waals surface area contributed by atoms with E-state index in [4.69, 9.17) is 0 Å². The zero-order valence-electron chi connectivity index (χ0n) is 15.6. The van der Waals surface area contributed by atoms with E-state index in [1.807, 2.05) is 26.1 Å². The van der Waals surface area contributed by atoms with Crippen LogP contribution in [0.4, 0.5) is 0 Å². The number of hydrogen-bond acceptors (Lipinski definition) is 5. The molecular weight excluding hydrogens is 358 g/mol. The van der Waals surface area contributed by atoms with Gasteiger partial charge in [-0.15, -0.1) is 0 Å². The molecule has 1 amide bonds. The van der Waals surface area contributed by atoms with Gasteiger partial charge in [-0.25, -0.2) is 0 Å². The van der Waals surface area contributed by atoms with Crippen LogP contribution in [0.3, 0.4) is 0 Å². The molecular formula is C19H19N7O2. The number of hydrogen-bond donors (Lipinski definition) is 1. The number of nitrogens with one attached hydrogen (secondary N) is 1. The number of aromatic nitrogens is 5. The molecule has 0 radical (unpaired) electrons. The number of carbonyl (C=O) groups excluding carboxylic acids is 1. The van der Waals surface area contributed by atoms with E-state index in [1.165, 1.54) is 16.8 Å². The van der Waals surface area contributed by atoms with Crippen LogP contribution >= 0.6 is 0 Å². The zero-order valence-corrected chi connectivity index (χ0v) is 15.6. The predicted molar refractivity (Wildman–Crippen MR) is 102 cm³/mol. The van der Waals surface area contributed by atoms with Crippen LogP contribution in [0.25, 0.3) is 16.9 Å². The van der Waals surface area contributed by atoms with Crippen molar-refractivity contribution < 1.29 is 4.79 Å². The Bertz CT molecular complexity index is 1190. The molecule has 4 heterocycles. The van der Waals surface area contributed by atoms with Crippen LogP contribution in [0.2, 0.25) is 0 Å². The van der Waals surface area contributed by atoms with E-state index in [9.17, 15) is 14.9 Å². The van der Waals surface area contributed by atoms with E-state index in [2.05, 4.69) is 21.8 Å². The van der Waals surface area contributed by atoms with Crippen molar-refractivity contribution in [3.8, 4) is 17.3 Å². The molecule has 9 nitrogen and oxygen atoms in total. The number of carbonyl (C=O) groups is 1. The predicted octanol–water partition coefficient (Wildman–Crippen LogP) is 1.45. The van der Waals surface area contributed by atoms with Crippen molar-refractivity contribution in [1.29, 1.82) is 5.26 Å². The van der Waals surface area contributed by atoms with Crippen LogP contribution in [0.5, 0.6) is 0 Å². The number of nitriles is 1. The molecule has 4 rings (SSSR count). The molecule has 0 unspecified atom stereocenters. The van der Waals surface area contributed by atoms with Crippen molar-refractivity contribution in [3.63, 3.8) is 0 Å². The van der Waals surface area contributed by atoms with Gasteiger partial charge >= 0.3 is 0 Å². The lowest BCUT2D eigenvalue weighted by Crippen LogP contribution is -2.50. The third kappa shape index (κ3) is 2.62. The van der Waals surface area contributed by atoms with Gasteiger partial charge < -0.3 is 9.88 Å². The number of H-pyrrole nitrogens is 1. The van der Waals surface area contributed by atoms with Gasteiger partial charge in [0.15, 0.2) is 5.65 Å². The van der Waals surface area contributed by atoms with E-state index >= 15 is 0 Å². The Hall–Kier alpha value is -3.67. The summed E-state index contributed by atoms with van der Waals surface area (Å²) in [5.41, 5.74) is 2.39. The highest BCUT2D eigenvalue weighted by molar-refractivity contribution is 5.87. The third-order valence-corrected chi connectivity index (χ3v) is 5.02. The molecule has 1 saturated heterocycles. The quantitative estimate of drug-likeness (QED) is 0.692. The molecule has 1 N–H and O–H groups in total. The minimum atomic E-state index is -0.251. The minimum Gasteiger partial charge on any atom is -0.338 e. The fourth-order valence-electron chi connectivity index (χ4n) is 3.47. The summed E-state index contributed by atoms with van der Waals surface area (Å²) in [6, 6.07) is 2.13. The first-order valence-corrected chi connectivity index (χ1v) is 8.94. The van der Waals surface area contributed by atoms with Crippen LogP contribution in [-0.4, -0.2) is 48.3 Å². The maximum atomic E-state index is 12.9. The van der Waals surface area contributed by atoms with Crippen molar-refractivity contribution in [2.24, 2.45) is 0 Å². The van der Waals surface area contributed by atoms with Gasteiger partial charge in [0.2, 0.25) is 5.91 Å². The Kier molecular flexibility index (Phi) is 4.11.